The van der Waals surface area contributed by atoms with Crippen LogP contribution in [0, 0.1) is 5.92 Å². The highest BCUT2D eigenvalue weighted by Crippen LogP contribution is 2.57. The van der Waals surface area contributed by atoms with Crippen LogP contribution in [-0.4, -0.2) is 37.4 Å². The predicted octanol–water partition coefficient (Wildman–Crippen LogP) is 2.54. The van der Waals surface area contributed by atoms with Crippen molar-refractivity contribution in [3.63, 3.8) is 0 Å². The van der Waals surface area contributed by atoms with E-state index in [0.717, 1.165) is 17.7 Å². The first-order chi connectivity index (χ1) is 12.4. The first-order valence-electron chi connectivity index (χ1n) is 8.67. The van der Waals surface area contributed by atoms with E-state index in [0.29, 0.717) is 30.5 Å². The minimum Gasteiger partial charge on any atom is -0.336 e. The summed E-state index contributed by atoms with van der Waals surface area (Å²) in [5, 5.41) is 6.57. The van der Waals surface area contributed by atoms with Crippen LogP contribution < -0.4 is 5.32 Å². The smallest absolute Gasteiger partial charge is 0.336 e. The molecule has 2 aromatic heterocycles. The number of aromatic nitrogens is 4. The van der Waals surface area contributed by atoms with Crippen molar-refractivity contribution in [1.29, 1.82) is 0 Å². The summed E-state index contributed by atoms with van der Waals surface area (Å²) in [5.41, 5.74) is -0.371. The Kier molecular flexibility index (Phi) is 3.06. The Hall–Kier alpha value is -2.45. The molecule has 136 valence electrons. The lowest BCUT2D eigenvalue weighted by atomic mass is 9.76. The lowest BCUT2D eigenvalue weighted by molar-refractivity contribution is -0.215. The summed E-state index contributed by atoms with van der Waals surface area (Å²) in [5.74, 6) is 0.492. The molecule has 0 saturated heterocycles. The van der Waals surface area contributed by atoms with Crippen LogP contribution in [0.5, 0.6) is 0 Å². The van der Waals surface area contributed by atoms with Crippen LogP contribution in [0.4, 0.5) is 13.2 Å². The Labute approximate surface area is 146 Å². The standard InChI is InChI=1S/C17H16F3N5O/c18-17(19,20)16(2-1-3-16)23-15(26)13-11-7-9-6-10(9)14(11)25(24-13)12-8-21-4-5-22-12/h4-5,8-10H,1-3,6-7H2,(H,23,26)/t9-,10-/m0/s1. The number of nitrogens with one attached hydrogen (secondary N) is 1. The number of hydrogen-bond donors (Lipinski definition) is 1. The van der Waals surface area contributed by atoms with Gasteiger partial charge in [0.25, 0.3) is 5.91 Å². The Balaban J connectivity index is 1.52. The number of carbonyl (C=O) groups excluding carboxylic acids is 1. The van der Waals surface area contributed by atoms with Crippen LogP contribution in [0.1, 0.15) is 53.3 Å². The van der Waals surface area contributed by atoms with Crippen molar-refractivity contribution in [2.75, 3.05) is 0 Å². The fourth-order valence-corrected chi connectivity index (χ4v) is 4.16. The van der Waals surface area contributed by atoms with E-state index >= 15 is 0 Å². The van der Waals surface area contributed by atoms with Crippen molar-refractivity contribution in [3.05, 3.63) is 35.5 Å². The van der Waals surface area contributed by atoms with Crippen LogP contribution in [0.15, 0.2) is 18.6 Å². The molecule has 1 N–H and O–H groups in total. The molecule has 2 saturated carbocycles. The van der Waals surface area contributed by atoms with Crippen molar-refractivity contribution in [3.8, 4) is 5.82 Å². The molecule has 0 spiro atoms. The summed E-state index contributed by atoms with van der Waals surface area (Å²) < 4.78 is 41.7. The summed E-state index contributed by atoms with van der Waals surface area (Å²) >= 11 is 0. The van der Waals surface area contributed by atoms with Crippen LogP contribution in [0.2, 0.25) is 0 Å². The van der Waals surface area contributed by atoms with Crippen molar-refractivity contribution >= 4 is 5.91 Å². The number of nitrogens with zero attached hydrogens (tertiary/aromatic N) is 4. The molecule has 3 aliphatic rings. The van der Waals surface area contributed by atoms with Crippen molar-refractivity contribution in [2.24, 2.45) is 5.92 Å². The molecule has 0 aliphatic heterocycles. The highest BCUT2D eigenvalue weighted by molar-refractivity contribution is 5.95. The number of rotatable bonds is 3. The van der Waals surface area contributed by atoms with Crippen LogP contribution in [0.3, 0.4) is 0 Å². The molecule has 0 aromatic carbocycles. The number of fused-ring (bicyclic) bond motifs is 3. The van der Waals surface area contributed by atoms with Gasteiger partial charge >= 0.3 is 6.18 Å². The van der Waals surface area contributed by atoms with Gasteiger partial charge in [0.1, 0.15) is 5.54 Å². The molecule has 0 radical (unpaired) electrons. The molecular weight excluding hydrogens is 347 g/mol. The Morgan fingerprint density at radius 2 is 2.12 bits per heavy atom. The number of halogens is 3. The van der Waals surface area contributed by atoms with E-state index < -0.39 is 17.6 Å². The molecule has 5 rings (SSSR count). The molecule has 2 heterocycles. The molecule has 3 aliphatic carbocycles. The fourth-order valence-electron chi connectivity index (χ4n) is 4.16. The van der Waals surface area contributed by atoms with E-state index in [1.54, 1.807) is 4.68 Å². The number of amides is 1. The minimum absolute atomic E-state index is 0.0828. The third kappa shape index (κ3) is 2.12. The molecule has 0 unspecified atom stereocenters. The molecule has 9 heteroatoms. The quantitative estimate of drug-likeness (QED) is 0.910. The first kappa shape index (κ1) is 15.8. The van der Waals surface area contributed by atoms with E-state index in [1.165, 1.54) is 18.6 Å². The molecular formula is C17H16F3N5O. The predicted molar refractivity (Wildman–Crippen MR) is 83.8 cm³/mol. The summed E-state index contributed by atoms with van der Waals surface area (Å²) in [6.07, 6.45) is 2.12. The lowest BCUT2D eigenvalue weighted by Crippen LogP contribution is -2.63. The third-order valence-electron chi connectivity index (χ3n) is 5.85. The first-order valence-corrected chi connectivity index (χ1v) is 8.67. The van der Waals surface area contributed by atoms with Gasteiger partial charge in [-0.25, -0.2) is 9.67 Å². The number of carbonyl (C=O) groups is 1. The molecule has 0 bridgehead atoms. The highest BCUT2D eigenvalue weighted by atomic mass is 19.4. The van der Waals surface area contributed by atoms with Crippen molar-refractivity contribution in [1.82, 2.24) is 25.1 Å². The Bertz CT molecular complexity index is 888. The highest BCUT2D eigenvalue weighted by Gasteiger charge is 2.60. The summed E-state index contributed by atoms with van der Waals surface area (Å²) in [7, 11) is 0. The zero-order valence-electron chi connectivity index (χ0n) is 13.8. The van der Waals surface area contributed by atoms with Gasteiger partial charge in [0.2, 0.25) is 0 Å². The maximum absolute atomic E-state index is 13.4. The monoisotopic (exact) mass is 363 g/mol. The van der Waals surface area contributed by atoms with Crippen LogP contribution in [-0.2, 0) is 6.42 Å². The second-order valence-electron chi connectivity index (χ2n) is 7.38. The molecule has 26 heavy (non-hydrogen) atoms. The minimum atomic E-state index is -4.46. The average molecular weight is 363 g/mol. The average Bonchev–Trinajstić information content (AvgIpc) is 3.07. The van der Waals surface area contributed by atoms with Gasteiger partial charge < -0.3 is 5.32 Å². The zero-order valence-corrected chi connectivity index (χ0v) is 13.8. The molecule has 1 amide bonds. The van der Waals surface area contributed by atoms with Crippen LogP contribution in [0.25, 0.3) is 5.82 Å². The van der Waals surface area contributed by atoms with E-state index in [2.05, 4.69) is 20.4 Å². The van der Waals surface area contributed by atoms with Gasteiger partial charge in [0.15, 0.2) is 11.5 Å². The van der Waals surface area contributed by atoms with Gasteiger partial charge in [-0.2, -0.15) is 18.3 Å². The Morgan fingerprint density at radius 1 is 1.31 bits per heavy atom. The maximum atomic E-state index is 13.4. The van der Waals surface area contributed by atoms with Gasteiger partial charge in [0, 0.05) is 23.9 Å². The van der Waals surface area contributed by atoms with E-state index in [1.807, 2.05) is 0 Å². The van der Waals surface area contributed by atoms with E-state index in [4.69, 9.17) is 0 Å². The van der Waals surface area contributed by atoms with Crippen LogP contribution >= 0.6 is 0 Å². The van der Waals surface area contributed by atoms with Gasteiger partial charge in [-0.05, 0) is 38.0 Å². The number of hydrogen-bond acceptors (Lipinski definition) is 4. The molecule has 2 fully saturated rings. The lowest BCUT2D eigenvalue weighted by Gasteiger charge is -2.43. The normalized spacial score (nSPS) is 25.2. The van der Waals surface area contributed by atoms with Gasteiger partial charge in [-0.3, -0.25) is 9.78 Å². The van der Waals surface area contributed by atoms with E-state index in [-0.39, 0.29) is 18.5 Å². The SMILES string of the molecule is O=C(NC1(C(F)(F)F)CCC1)c1nn(-c2cnccn2)c2c1C[C@@H]1C[C@H]21. The second kappa shape index (κ2) is 5.05. The number of alkyl halides is 3. The molecule has 2 atom stereocenters. The fraction of sp³-hybridized carbons (Fsp3) is 0.529. The largest absolute Gasteiger partial charge is 0.411 e. The van der Waals surface area contributed by atoms with Gasteiger partial charge in [-0.1, -0.05) is 0 Å². The molecule has 2 aromatic rings. The summed E-state index contributed by atoms with van der Waals surface area (Å²) in [4.78, 5) is 20.9. The molecule has 6 nitrogen and oxygen atoms in total. The third-order valence-corrected chi connectivity index (χ3v) is 5.85. The Morgan fingerprint density at radius 3 is 2.73 bits per heavy atom. The van der Waals surface area contributed by atoms with Gasteiger partial charge in [0.05, 0.1) is 11.9 Å². The van der Waals surface area contributed by atoms with E-state index in [9.17, 15) is 18.0 Å². The van der Waals surface area contributed by atoms with Gasteiger partial charge in [-0.15, -0.1) is 0 Å². The maximum Gasteiger partial charge on any atom is 0.411 e. The zero-order chi connectivity index (χ0) is 18.1. The van der Waals surface area contributed by atoms with Crippen molar-refractivity contribution in [2.45, 2.75) is 49.7 Å². The van der Waals surface area contributed by atoms with Crippen molar-refractivity contribution < 1.29 is 18.0 Å². The second-order valence-corrected chi connectivity index (χ2v) is 7.38. The summed E-state index contributed by atoms with van der Waals surface area (Å²) in [6, 6.07) is 0. The topological polar surface area (TPSA) is 72.7 Å². The summed E-state index contributed by atoms with van der Waals surface area (Å²) in [6.45, 7) is 0.